The highest BCUT2D eigenvalue weighted by atomic mass is 16.2. The van der Waals surface area contributed by atoms with Crippen LogP contribution in [0.2, 0.25) is 0 Å². The van der Waals surface area contributed by atoms with Crippen LogP contribution < -0.4 is 10.6 Å². The van der Waals surface area contributed by atoms with Crippen molar-refractivity contribution in [3.63, 3.8) is 0 Å². The summed E-state index contributed by atoms with van der Waals surface area (Å²) in [7, 11) is 0. The van der Waals surface area contributed by atoms with Crippen LogP contribution in [0.5, 0.6) is 0 Å². The lowest BCUT2D eigenvalue weighted by atomic mass is 9.94. The van der Waals surface area contributed by atoms with Crippen molar-refractivity contribution in [2.24, 2.45) is 0 Å². The molecule has 0 aromatic heterocycles. The van der Waals surface area contributed by atoms with E-state index in [0.29, 0.717) is 12.0 Å². The van der Waals surface area contributed by atoms with E-state index in [1.54, 1.807) is 6.07 Å². The topological polar surface area (TPSA) is 58.2 Å². The van der Waals surface area contributed by atoms with Crippen molar-refractivity contribution in [2.75, 3.05) is 0 Å². The van der Waals surface area contributed by atoms with E-state index in [9.17, 15) is 9.59 Å². The molecule has 1 atom stereocenters. The molecule has 1 heterocycles. The quantitative estimate of drug-likeness (QED) is 0.903. The minimum Gasteiger partial charge on any atom is -0.349 e. The summed E-state index contributed by atoms with van der Waals surface area (Å²) in [4.78, 5) is 25.0. The molecule has 0 bridgehead atoms. The van der Waals surface area contributed by atoms with Crippen molar-refractivity contribution in [3.05, 3.63) is 70.8 Å². The summed E-state index contributed by atoms with van der Waals surface area (Å²) >= 11 is 0. The van der Waals surface area contributed by atoms with Crippen LogP contribution in [0, 0.1) is 6.92 Å². The lowest BCUT2D eigenvalue weighted by Crippen LogP contribution is -2.54. The Hall–Kier alpha value is -2.62. The molecule has 2 amide bonds. The standard InChI is InChI=1S/C21H22N2O2/c1-14-5-4-6-15(11-14)13-21(9-10-21)23-20(25)18-12-16-7-2-3-8-17(16)19(24)22-18/h2-8,11,18H,9-10,12-13H2,1H3,(H,22,24)(H,23,25). The van der Waals surface area contributed by atoms with E-state index in [-0.39, 0.29) is 17.4 Å². The molecular weight excluding hydrogens is 312 g/mol. The number of carbonyl (C=O) groups is 2. The molecule has 25 heavy (non-hydrogen) atoms. The predicted molar refractivity (Wildman–Crippen MR) is 96.4 cm³/mol. The molecule has 2 aromatic carbocycles. The normalized spacial score (nSPS) is 20.4. The second-order valence-electron chi connectivity index (χ2n) is 7.32. The highest BCUT2D eigenvalue weighted by molar-refractivity contribution is 6.00. The van der Waals surface area contributed by atoms with Gasteiger partial charge >= 0.3 is 0 Å². The Bertz CT molecular complexity index is 839. The highest BCUT2D eigenvalue weighted by Crippen LogP contribution is 2.39. The van der Waals surface area contributed by atoms with Crippen LogP contribution in [-0.4, -0.2) is 23.4 Å². The van der Waals surface area contributed by atoms with Gasteiger partial charge in [0, 0.05) is 17.5 Å². The van der Waals surface area contributed by atoms with Gasteiger partial charge in [-0.15, -0.1) is 0 Å². The Kier molecular flexibility index (Phi) is 3.83. The summed E-state index contributed by atoms with van der Waals surface area (Å²) in [6.07, 6.45) is 3.37. The average molecular weight is 334 g/mol. The molecule has 1 fully saturated rings. The fraction of sp³-hybridized carbons (Fsp3) is 0.333. The molecule has 2 aromatic rings. The molecule has 1 aliphatic heterocycles. The highest BCUT2D eigenvalue weighted by Gasteiger charge is 2.45. The fourth-order valence-corrected chi connectivity index (χ4v) is 3.64. The first-order valence-corrected chi connectivity index (χ1v) is 8.81. The maximum Gasteiger partial charge on any atom is 0.252 e. The van der Waals surface area contributed by atoms with Gasteiger partial charge in [-0.05, 0) is 43.4 Å². The van der Waals surface area contributed by atoms with E-state index >= 15 is 0 Å². The lowest BCUT2D eigenvalue weighted by Gasteiger charge is -2.27. The van der Waals surface area contributed by atoms with Gasteiger partial charge in [0.1, 0.15) is 6.04 Å². The van der Waals surface area contributed by atoms with Gasteiger partial charge < -0.3 is 10.6 Å². The third kappa shape index (κ3) is 3.29. The molecule has 2 aliphatic rings. The summed E-state index contributed by atoms with van der Waals surface area (Å²) < 4.78 is 0. The number of hydrogen-bond donors (Lipinski definition) is 2. The first-order chi connectivity index (χ1) is 12.0. The predicted octanol–water partition coefficient (Wildman–Crippen LogP) is 2.54. The van der Waals surface area contributed by atoms with Gasteiger partial charge in [-0.3, -0.25) is 9.59 Å². The average Bonchev–Trinajstić information content (AvgIpc) is 3.33. The number of aryl methyl sites for hydroxylation is 1. The number of hydrogen-bond acceptors (Lipinski definition) is 2. The first-order valence-electron chi connectivity index (χ1n) is 8.81. The third-order valence-electron chi connectivity index (χ3n) is 5.17. The Morgan fingerprint density at radius 3 is 2.76 bits per heavy atom. The summed E-state index contributed by atoms with van der Waals surface area (Å²) in [6.45, 7) is 2.08. The van der Waals surface area contributed by atoms with Gasteiger partial charge in [0.05, 0.1) is 0 Å². The zero-order valence-electron chi connectivity index (χ0n) is 14.3. The first kappa shape index (κ1) is 15.9. The van der Waals surface area contributed by atoms with Gasteiger partial charge in [-0.25, -0.2) is 0 Å². The number of carbonyl (C=O) groups excluding carboxylic acids is 2. The number of benzene rings is 2. The van der Waals surface area contributed by atoms with E-state index in [1.165, 1.54) is 11.1 Å². The number of rotatable bonds is 4. The molecule has 1 aliphatic carbocycles. The molecule has 128 valence electrons. The molecule has 0 radical (unpaired) electrons. The van der Waals surface area contributed by atoms with Gasteiger partial charge in [0.25, 0.3) is 5.91 Å². The van der Waals surface area contributed by atoms with Crippen molar-refractivity contribution < 1.29 is 9.59 Å². The minimum absolute atomic E-state index is 0.0759. The molecule has 2 N–H and O–H groups in total. The molecule has 1 unspecified atom stereocenters. The molecule has 0 saturated heterocycles. The number of nitrogens with one attached hydrogen (secondary N) is 2. The Morgan fingerprint density at radius 2 is 2.00 bits per heavy atom. The van der Waals surface area contributed by atoms with Crippen LogP contribution in [0.3, 0.4) is 0 Å². The van der Waals surface area contributed by atoms with Gasteiger partial charge in [-0.2, -0.15) is 0 Å². The van der Waals surface area contributed by atoms with Crippen LogP contribution in [0.15, 0.2) is 48.5 Å². The summed E-state index contributed by atoms with van der Waals surface area (Å²) in [5, 5.41) is 6.05. The van der Waals surface area contributed by atoms with Crippen LogP contribution in [0.1, 0.15) is 39.9 Å². The van der Waals surface area contributed by atoms with Crippen molar-refractivity contribution >= 4 is 11.8 Å². The summed E-state index contributed by atoms with van der Waals surface area (Å²) in [5.41, 5.74) is 3.95. The molecule has 4 heteroatoms. The van der Waals surface area contributed by atoms with Crippen molar-refractivity contribution in [3.8, 4) is 0 Å². The number of amides is 2. The zero-order chi connectivity index (χ0) is 17.4. The largest absolute Gasteiger partial charge is 0.349 e. The summed E-state index contributed by atoms with van der Waals surface area (Å²) in [5.74, 6) is -0.237. The van der Waals surface area contributed by atoms with Gasteiger partial charge in [-0.1, -0.05) is 48.0 Å². The van der Waals surface area contributed by atoms with E-state index < -0.39 is 6.04 Å². The van der Waals surface area contributed by atoms with E-state index in [2.05, 4.69) is 41.8 Å². The fourth-order valence-electron chi connectivity index (χ4n) is 3.64. The maximum atomic E-state index is 12.7. The van der Waals surface area contributed by atoms with E-state index in [1.807, 2.05) is 18.2 Å². The van der Waals surface area contributed by atoms with Gasteiger partial charge in [0.15, 0.2) is 0 Å². The lowest BCUT2D eigenvalue weighted by molar-refractivity contribution is -0.124. The molecule has 4 rings (SSSR count). The maximum absolute atomic E-state index is 12.7. The molecular formula is C21H22N2O2. The van der Waals surface area contributed by atoms with Crippen LogP contribution in [0.25, 0.3) is 0 Å². The van der Waals surface area contributed by atoms with Crippen LogP contribution in [-0.2, 0) is 17.6 Å². The number of fused-ring (bicyclic) bond motifs is 1. The minimum atomic E-state index is -0.489. The van der Waals surface area contributed by atoms with Crippen molar-refractivity contribution in [1.82, 2.24) is 10.6 Å². The summed E-state index contributed by atoms with van der Waals surface area (Å²) in [6, 6.07) is 15.4. The van der Waals surface area contributed by atoms with Crippen LogP contribution >= 0.6 is 0 Å². The second kappa shape index (κ2) is 6.03. The third-order valence-corrected chi connectivity index (χ3v) is 5.17. The Morgan fingerprint density at radius 1 is 1.20 bits per heavy atom. The van der Waals surface area contributed by atoms with Crippen molar-refractivity contribution in [1.29, 1.82) is 0 Å². The van der Waals surface area contributed by atoms with Crippen molar-refractivity contribution in [2.45, 2.75) is 44.2 Å². The van der Waals surface area contributed by atoms with Crippen LogP contribution in [0.4, 0.5) is 0 Å². The molecule has 0 spiro atoms. The zero-order valence-corrected chi connectivity index (χ0v) is 14.3. The monoisotopic (exact) mass is 334 g/mol. The van der Waals surface area contributed by atoms with E-state index in [0.717, 1.165) is 24.8 Å². The molecule has 4 nitrogen and oxygen atoms in total. The van der Waals surface area contributed by atoms with Gasteiger partial charge in [0.2, 0.25) is 5.91 Å². The Balaban J connectivity index is 1.45. The SMILES string of the molecule is Cc1cccc(CC2(NC(=O)C3Cc4ccccc4C(=O)N3)CC2)c1. The van der Waals surface area contributed by atoms with E-state index in [4.69, 9.17) is 0 Å². The molecule has 1 saturated carbocycles. The smallest absolute Gasteiger partial charge is 0.252 e. The Labute approximate surface area is 147 Å². The second-order valence-corrected chi connectivity index (χ2v) is 7.32.